The van der Waals surface area contributed by atoms with Crippen LogP contribution in [0.3, 0.4) is 0 Å². The number of nitrogens with two attached hydrogens (primary N) is 1. The van der Waals surface area contributed by atoms with Gasteiger partial charge in [0.1, 0.15) is 5.60 Å². The van der Waals surface area contributed by atoms with Crippen molar-refractivity contribution in [3.63, 3.8) is 0 Å². The number of fused-ring (bicyclic) bond motifs is 1. The van der Waals surface area contributed by atoms with Crippen LogP contribution in [0.15, 0.2) is 24.3 Å². The highest BCUT2D eigenvalue weighted by atomic mass is 16.6. The summed E-state index contributed by atoms with van der Waals surface area (Å²) in [6, 6.07) is 8.54. The number of hydrogen-bond donors (Lipinski definition) is 2. The van der Waals surface area contributed by atoms with Crippen molar-refractivity contribution < 1.29 is 9.53 Å². The van der Waals surface area contributed by atoms with Crippen LogP contribution in [0, 0.1) is 0 Å². The van der Waals surface area contributed by atoms with E-state index in [1.807, 2.05) is 27.7 Å². The molecule has 1 aromatic carbocycles. The third-order valence-corrected chi connectivity index (χ3v) is 4.19. The number of ether oxygens (including phenoxy) is 1. The number of rotatable bonds is 4. The van der Waals surface area contributed by atoms with E-state index in [9.17, 15) is 4.79 Å². The molecule has 0 radical (unpaired) electrons. The van der Waals surface area contributed by atoms with Gasteiger partial charge in [-0.05, 0) is 45.2 Å². The molecule has 2 unspecified atom stereocenters. The standard InChI is InChI=1S/C18H29N3O2/c1-13(20-17(22)23-18(2,3)4)16(11-19)21-10-9-14-7-5-6-8-15(14)12-21/h5-8,13,16H,9-12,19H2,1-4H3,(H,20,22). The van der Waals surface area contributed by atoms with Crippen LogP contribution in [-0.2, 0) is 17.7 Å². The average molecular weight is 319 g/mol. The molecule has 1 aromatic rings. The summed E-state index contributed by atoms with van der Waals surface area (Å²) in [5.41, 5.74) is 8.26. The molecule has 0 spiro atoms. The Kier molecular flexibility index (Phi) is 5.65. The van der Waals surface area contributed by atoms with E-state index in [0.29, 0.717) is 6.54 Å². The number of carbonyl (C=O) groups excluding carboxylic acids is 1. The summed E-state index contributed by atoms with van der Waals surface area (Å²) in [5, 5.41) is 2.93. The zero-order valence-electron chi connectivity index (χ0n) is 14.6. The molecule has 1 aliphatic heterocycles. The zero-order valence-corrected chi connectivity index (χ0v) is 14.6. The van der Waals surface area contributed by atoms with Crippen molar-refractivity contribution in [3.05, 3.63) is 35.4 Å². The minimum absolute atomic E-state index is 0.0693. The second-order valence-electron chi connectivity index (χ2n) is 7.23. The Morgan fingerprint density at radius 2 is 2.00 bits per heavy atom. The second kappa shape index (κ2) is 7.32. The highest BCUT2D eigenvalue weighted by Crippen LogP contribution is 2.21. The molecule has 2 atom stereocenters. The minimum Gasteiger partial charge on any atom is -0.444 e. The van der Waals surface area contributed by atoms with Crippen molar-refractivity contribution in [2.45, 2.75) is 58.3 Å². The molecule has 0 aliphatic carbocycles. The lowest BCUT2D eigenvalue weighted by Gasteiger charge is -2.38. The summed E-state index contributed by atoms with van der Waals surface area (Å²) in [6.45, 7) is 9.90. The van der Waals surface area contributed by atoms with Gasteiger partial charge < -0.3 is 15.8 Å². The van der Waals surface area contributed by atoms with Crippen molar-refractivity contribution in [3.8, 4) is 0 Å². The van der Waals surface area contributed by atoms with Crippen molar-refractivity contribution in [1.29, 1.82) is 0 Å². The normalized spacial score (nSPS) is 18.0. The Hall–Kier alpha value is -1.59. The molecular weight excluding hydrogens is 290 g/mol. The van der Waals surface area contributed by atoms with E-state index >= 15 is 0 Å². The SMILES string of the molecule is CC(NC(=O)OC(C)(C)C)C(CN)N1CCc2ccccc2C1. The molecule has 0 bridgehead atoms. The molecular formula is C18H29N3O2. The molecule has 1 aliphatic rings. The monoisotopic (exact) mass is 319 g/mol. The van der Waals surface area contributed by atoms with Gasteiger partial charge in [-0.1, -0.05) is 24.3 Å². The van der Waals surface area contributed by atoms with Gasteiger partial charge in [-0.3, -0.25) is 4.90 Å². The molecule has 128 valence electrons. The van der Waals surface area contributed by atoms with E-state index in [4.69, 9.17) is 10.5 Å². The summed E-state index contributed by atoms with van der Waals surface area (Å²) < 4.78 is 5.34. The number of benzene rings is 1. The molecule has 5 heteroatoms. The Bertz CT molecular complexity index is 539. The first-order valence-electron chi connectivity index (χ1n) is 8.30. The van der Waals surface area contributed by atoms with Gasteiger partial charge in [-0.15, -0.1) is 0 Å². The topological polar surface area (TPSA) is 67.6 Å². The van der Waals surface area contributed by atoms with Gasteiger partial charge >= 0.3 is 6.09 Å². The third-order valence-electron chi connectivity index (χ3n) is 4.19. The van der Waals surface area contributed by atoms with Crippen LogP contribution in [0.1, 0.15) is 38.8 Å². The molecule has 5 nitrogen and oxygen atoms in total. The number of nitrogens with zero attached hydrogens (tertiary/aromatic N) is 1. The lowest BCUT2D eigenvalue weighted by Crippen LogP contribution is -2.55. The van der Waals surface area contributed by atoms with Gasteiger partial charge in [-0.2, -0.15) is 0 Å². The first-order valence-corrected chi connectivity index (χ1v) is 8.30. The van der Waals surface area contributed by atoms with Crippen molar-refractivity contribution in [2.75, 3.05) is 13.1 Å². The Morgan fingerprint density at radius 3 is 2.61 bits per heavy atom. The molecule has 0 saturated carbocycles. The smallest absolute Gasteiger partial charge is 0.407 e. The van der Waals surface area contributed by atoms with E-state index in [0.717, 1.165) is 19.5 Å². The Morgan fingerprint density at radius 1 is 1.35 bits per heavy atom. The maximum Gasteiger partial charge on any atom is 0.407 e. The lowest BCUT2D eigenvalue weighted by atomic mass is 9.97. The van der Waals surface area contributed by atoms with E-state index in [1.54, 1.807) is 0 Å². The fourth-order valence-electron chi connectivity index (χ4n) is 3.06. The first-order chi connectivity index (χ1) is 10.8. The van der Waals surface area contributed by atoms with Crippen LogP contribution < -0.4 is 11.1 Å². The van der Waals surface area contributed by atoms with Crippen molar-refractivity contribution >= 4 is 6.09 Å². The summed E-state index contributed by atoms with van der Waals surface area (Å²) in [5.74, 6) is 0. The number of nitrogens with one attached hydrogen (secondary N) is 1. The number of hydrogen-bond acceptors (Lipinski definition) is 4. The molecule has 1 heterocycles. The molecule has 0 saturated heterocycles. The molecule has 3 N–H and O–H groups in total. The van der Waals surface area contributed by atoms with Gasteiger partial charge in [0.05, 0.1) is 0 Å². The molecule has 23 heavy (non-hydrogen) atoms. The van der Waals surface area contributed by atoms with Crippen LogP contribution in [0.4, 0.5) is 4.79 Å². The fraction of sp³-hybridized carbons (Fsp3) is 0.611. The molecule has 2 rings (SSSR count). The van der Waals surface area contributed by atoms with Gasteiger partial charge in [0.2, 0.25) is 0 Å². The van der Waals surface area contributed by atoms with Gasteiger partial charge in [-0.25, -0.2) is 4.79 Å². The van der Waals surface area contributed by atoms with E-state index < -0.39 is 5.60 Å². The van der Waals surface area contributed by atoms with Crippen molar-refractivity contribution in [2.24, 2.45) is 5.73 Å². The maximum absolute atomic E-state index is 12.0. The first kappa shape index (κ1) is 17.8. The van der Waals surface area contributed by atoms with Gasteiger partial charge in [0, 0.05) is 31.7 Å². The quantitative estimate of drug-likeness (QED) is 0.893. The predicted octanol–water partition coefficient (Wildman–Crippen LogP) is 2.29. The third kappa shape index (κ3) is 4.94. The summed E-state index contributed by atoms with van der Waals surface area (Å²) in [4.78, 5) is 14.3. The Balaban J connectivity index is 1.98. The molecule has 0 aromatic heterocycles. The molecule has 0 fully saturated rings. The predicted molar refractivity (Wildman–Crippen MR) is 92.2 cm³/mol. The number of alkyl carbamates (subject to hydrolysis) is 1. The van der Waals surface area contributed by atoms with Crippen molar-refractivity contribution in [1.82, 2.24) is 10.2 Å². The largest absolute Gasteiger partial charge is 0.444 e. The average Bonchev–Trinajstić information content (AvgIpc) is 2.45. The van der Waals surface area contributed by atoms with Crippen LogP contribution in [0.25, 0.3) is 0 Å². The van der Waals surface area contributed by atoms with Gasteiger partial charge in [0.25, 0.3) is 0 Å². The number of amides is 1. The van der Waals surface area contributed by atoms with Crippen LogP contribution in [-0.4, -0.2) is 41.8 Å². The second-order valence-corrected chi connectivity index (χ2v) is 7.23. The Labute approximate surface area is 139 Å². The highest BCUT2D eigenvalue weighted by Gasteiger charge is 2.28. The minimum atomic E-state index is -0.494. The van der Waals surface area contributed by atoms with E-state index in [2.05, 4.69) is 34.5 Å². The highest BCUT2D eigenvalue weighted by molar-refractivity contribution is 5.68. The zero-order chi connectivity index (χ0) is 17.0. The summed E-state index contributed by atoms with van der Waals surface area (Å²) in [6.07, 6.45) is 0.632. The van der Waals surface area contributed by atoms with Gasteiger partial charge in [0.15, 0.2) is 0 Å². The summed E-state index contributed by atoms with van der Waals surface area (Å²) in [7, 11) is 0. The fourth-order valence-corrected chi connectivity index (χ4v) is 3.06. The number of carbonyl (C=O) groups is 1. The van der Waals surface area contributed by atoms with Crippen LogP contribution in [0.5, 0.6) is 0 Å². The maximum atomic E-state index is 12.0. The van der Waals surface area contributed by atoms with Crippen LogP contribution >= 0.6 is 0 Å². The van der Waals surface area contributed by atoms with E-state index in [-0.39, 0.29) is 18.2 Å². The van der Waals surface area contributed by atoms with Crippen LogP contribution in [0.2, 0.25) is 0 Å². The van der Waals surface area contributed by atoms with E-state index in [1.165, 1.54) is 11.1 Å². The lowest BCUT2D eigenvalue weighted by molar-refractivity contribution is 0.0464. The summed E-state index contributed by atoms with van der Waals surface area (Å²) >= 11 is 0. The molecule has 1 amide bonds.